The third-order valence-corrected chi connectivity index (χ3v) is 5.66. The van der Waals surface area contributed by atoms with Gasteiger partial charge in [-0.25, -0.2) is 18.1 Å². The summed E-state index contributed by atoms with van der Waals surface area (Å²) in [5.74, 6) is 0. The van der Waals surface area contributed by atoms with Gasteiger partial charge in [0, 0.05) is 16.4 Å². The average molecular weight is 356 g/mol. The minimum atomic E-state index is -3.63. The number of aromatic amines is 1. The zero-order valence-electron chi connectivity index (χ0n) is 11.0. The molecule has 0 aliphatic heterocycles. The molecular formula is C13H10ClN3O3S2. The summed E-state index contributed by atoms with van der Waals surface area (Å²) in [6.07, 6.45) is 1.32. The molecule has 0 fully saturated rings. The molecule has 2 aromatic heterocycles. The monoisotopic (exact) mass is 355 g/mol. The minimum Gasteiger partial charge on any atom is -0.313 e. The summed E-state index contributed by atoms with van der Waals surface area (Å²) < 4.78 is 26.8. The normalized spacial score (nSPS) is 11.9. The number of benzene rings is 1. The highest BCUT2D eigenvalue weighted by atomic mass is 35.5. The highest BCUT2D eigenvalue weighted by Crippen LogP contribution is 2.21. The van der Waals surface area contributed by atoms with E-state index in [1.165, 1.54) is 41.9 Å². The maximum Gasteiger partial charge on any atom is 0.259 e. The Hall–Kier alpha value is -1.74. The fourth-order valence-electron chi connectivity index (χ4n) is 1.87. The fourth-order valence-corrected chi connectivity index (χ4v) is 4.03. The number of halogens is 1. The number of rotatable bonds is 4. The molecule has 0 saturated carbocycles. The number of hydrogen-bond donors (Lipinski definition) is 2. The van der Waals surface area contributed by atoms with E-state index in [0.717, 1.165) is 0 Å². The number of thiophene rings is 1. The SMILES string of the molecule is O=c1[nH]cnc2sc(CNS(=O)(=O)c3ccc(Cl)cc3)cc12. The van der Waals surface area contributed by atoms with Crippen molar-refractivity contribution in [2.24, 2.45) is 0 Å². The van der Waals surface area contributed by atoms with Crippen LogP contribution >= 0.6 is 22.9 Å². The predicted octanol–water partition coefficient (Wildman–Crippen LogP) is 2.12. The van der Waals surface area contributed by atoms with Crippen LogP contribution < -0.4 is 10.3 Å². The lowest BCUT2D eigenvalue weighted by Gasteiger charge is -2.05. The van der Waals surface area contributed by atoms with Crippen LogP contribution in [0.5, 0.6) is 0 Å². The summed E-state index contributed by atoms with van der Waals surface area (Å²) in [6, 6.07) is 7.53. The van der Waals surface area contributed by atoms with E-state index in [4.69, 9.17) is 11.6 Å². The topological polar surface area (TPSA) is 91.9 Å². The van der Waals surface area contributed by atoms with Crippen LogP contribution in [0.1, 0.15) is 4.88 Å². The molecule has 1 aromatic carbocycles. The van der Waals surface area contributed by atoms with Crippen molar-refractivity contribution >= 4 is 43.2 Å². The highest BCUT2D eigenvalue weighted by Gasteiger charge is 2.14. The number of sulfonamides is 1. The van der Waals surface area contributed by atoms with Gasteiger partial charge in [-0.3, -0.25) is 4.79 Å². The van der Waals surface area contributed by atoms with Gasteiger partial charge < -0.3 is 4.98 Å². The van der Waals surface area contributed by atoms with E-state index in [1.807, 2.05) is 0 Å². The smallest absolute Gasteiger partial charge is 0.259 e. The van der Waals surface area contributed by atoms with Crippen LogP contribution in [-0.4, -0.2) is 18.4 Å². The van der Waals surface area contributed by atoms with Crippen LogP contribution in [-0.2, 0) is 16.6 Å². The second-order valence-corrected chi connectivity index (χ2v) is 7.76. The Labute approximate surface area is 134 Å². The molecule has 0 unspecified atom stereocenters. The quantitative estimate of drug-likeness (QED) is 0.749. The molecule has 0 aliphatic carbocycles. The second-order valence-electron chi connectivity index (χ2n) is 4.44. The molecule has 9 heteroatoms. The van der Waals surface area contributed by atoms with Gasteiger partial charge in [0.25, 0.3) is 5.56 Å². The Balaban J connectivity index is 1.82. The van der Waals surface area contributed by atoms with Gasteiger partial charge in [-0.05, 0) is 30.3 Å². The van der Waals surface area contributed by atoms with Gasteiger partial charge in [-0.1, -0.05) is 11.6 Å². The molecule has 0 saturated heterocycles. The molecule has 0 radical (unpaired) electrons. The summed E-state index contributed by atoms with van der Waals surface area (Å²) in [4.78, 5) is 19.5. The van der Waals surface area contributed by atoms with Crippen molar-refractivity contribution in [3.05, 3.63) is 56.9 Å². The van der Waals surface area contributed by atoms with E-state index in [-0.39, 0.29) is 17.0 Å². The van der Waals surface area contributed by atoms with Crippen molar-refractivity contribution in [3.8, 4) is 0 Å². The maximum atomic E-state index is 12.2. The molecule has 2 N–H and O–H groups in total. The Morgan fingerprint density at radius 3 is 2.68 bits per heavy atom. The van der Waals surface area contributed by atoms with Gasteiger partial charge in [-0.15, -0.1) is 11.3 Å². The third kappa shape index (κ3) is 3.05. The van der Waals surface area contributed by atoms with Crippen LogP contribution in [0.2, 0.25) is 5.02 Å². The predicted molar refractivity (Wildman–Crippen MR) is 85.7 cm³/mol. The zero-order chi connectivity index (χ0) is 15.7. The number of nitrogens with one attached hydrogen (secondary N) is 2. The Kier molecular flexibility index (Phi) is 4.00. The van der Waals surface area contributed by atoms with Crippen molar-refractivity contribution < 1.29 is 8.42 Å². The molecule has 0 atom stereocenters. The van der Waals surface area contributed by atoms with E-state index in [2.05, 4.69) is 14.7 Å². The van der Waals surface area contributed by atoms with E-state index >= 15 is 0 Å². The van der Waals surface area contributed by atoms with Gasteiger partial charge in [-0.2, -0.15) is 0 Å². The third-order valence-electron chi connectivity index (χ3n) is 2.95. The average Bonchev–Trinajstić information content (AvgIpc) is 2.90. The molecule has 2 heterocycles. The molecule has 3 rings (SSSR count). The van der Waals surface area contributed by atoms with E-state index < -0.39 is 10.0 Å². The highest BCUT2D eigenvalue weighted by molar-refractivity contribution is 7.89. The Morgan fingerprint density at radius 1 is 1.27 bits per heavy atom. The molecule has 0 bridgehead atoms. The van der Waals surface area contributed by atoms with Gasteiger partial charge in [0.2, 0.25) is 10.0 Å². The number of aromatic nitrogens is 2. The number of hydrogen-bond acceptors (Lipinski definition) is 5. The number of H-pyrrole nitrogens is 1. The molecule has 114 valence electrons. The second kappa shape index (κ2) is 5.81. The van der Waals surface area contributed by atoms with Gasteiger partial charge in [0.15, 0.2) is 0 Å². The van der Waals surface area contributed by atoms with Crippen molar-refractivity contribution in [1.82, 2.24) is 14.7 Å². The maximum absolute atomic E-state index is 12.2. The van der Waals surface area contributed by atoms with E-state index in [0.29, 0.717) is 20.1 Å². The standard InChI is InChI=1S/C13H10ClN3O3S2/c14-8-1-3-10(4-2-8)22(19,20)17-6-9-5-11-12(18)15-7-16-13(11)21-9/h1-5,7,17H,6H2,(H,15,16,18). The zero-order valence-corrected chi connectivity index (χ0v) is 13.4. The number of nitrogens with zero attached hydrogens (tertiary/aromatic N) is 1. The molecule has 0 amide bonds. The van der Waals surface area contributed by atoms with E-state index in [9.17, 15) is 13.2 Å². The van der Waals surface area contributed by atoms with Gasteiger partial charge in [0.05, 0.1) is 16.6 Å². The first kappa shape index (κ1) is 15.2. The first-order chi connectivity index (χ1) is 10.5. The largest absolute Gasteiger partial charge is 0.313 e. The van der Waals surface area contributed by atoms with Crippen LogP contribution in [0, 0.1) is 0 Å². The Bertz CT molecular complexity index is 978. The van der Waals surface area contributed by atoms with Crippen molar-refractivity contribution in [2.75, 3.05) is 0 Å². The van der Waals surface area contributed by atoms with E-state index in [1.54, 1.807) is 6.07 Å². The summed E-state index contributed by atoms with van der Waals surface area (Å²) in [7, 11) is -3.63. The summed E-state index contributed by atoms with van der Waals surface area (Å²) in [6.45, 7) is 0.0887. The molecule has 0 aliphatic rings. The molecule has 3 aromatic rings. The van der Waals surface area contributed by atoms with Crippen LogP contribution in [0.15, 0.2) is 46.3 Å². The van der Waals surface area contributed by atoms with Crippen LogP contribution in [0.25, 0.3) is 10.2 Å². The van der Waals surface area contributed by atoms with Gasteiger partial charge in [0.1, 0.15) is 4.83 Å². The van der Waals surface area contributed by atoms with Crippen molar-refractivity contribution in [1.29, 1.82) is 0 Å². The Morgan fingerprint density at radius 2 is 2.00 bits per heavy atom. The van der Waals surface area contributed by atoms with Crippen LogP contribution in [0.3, 0.4) is 0 Å². The number of fused-ring (bicyclic) bond motifs is 1. The summed E-state index contributed by atoms with van der Waals surface area (Å²) >= 11 is 7.01. The first-order valence-electron chi connectivity index (χ1n) is 6.17. The van der Waals surface area contributed by atoms with Crippen molar-refractivity contribution in [3.63, 3.8) is 0 Å². The first-order valence-corrected chi connectivity index (χ1v) is 8.85. The fraction of sp³-hybridized carbons (Fsp3) is 0.0769. The van der Waals surface area contributed by atoms with Gasteiger partial charge >= 0.3 is 0 Å². The lowest BCUT2D eigenvalue weighted by Crippen LogP contribution is -2.22. The summed E-state index contributed by atoms with van der Waals surface area (Å²) in [5, 5.41) is 0.918. The molecule has 6 nitrogen and oxygen atoms in total. The molecular weight excluding hydrogens is 346 g/mol. The molecule has 0 spiro atoms. The lowest BCUT2D eigenvalue weighted by atomic mass is 10.3. The summed E-state index contributed by atoms with van der Waals surface area (Å²) in [5.41, 5.74) is -0.243. The molecule has 22 heavy (non-hydrogen) atoms. The minimum absolute atomic E-state index is 0.0887. The van der Waals surface area contributed by atoms with Crippen LogP contribution in [0.4, 0.5) is 0 Å². The lowest BCUT2D eigenvalue weighted by molar-refractivity contribution is 0.582. The van der Waals surface area contributed by atoms with Crippen molar-refractivity contribution in [2.45, 2.75) is 11.4 Å².